The summed E-state index contributed by atoms with van der Waals surface area (Å²) < 4.78 is 0. The van der Waals surface area contributed by atoms with Crippen molar-refractivity contribution >= 4 is 11.8 Å². The molecule has 0 saturated carbocycles. The first-order valence-electron chi connectivity index (χ1n) is 7.14. The van der Waals surface area contributed by atoms with Crippen molar-refractivity contribution in [3.63, 3.8) is 0 Å². The number of likely N-dealkylation sites (tertiary alicyclic amines) is 1. The van der Waals surface area contributed by atoms with Gasteiger partial charge in [-0.15, -0.1) is 0 Å². The van der Waals surface area contributed by atoms with Gasteiger partial charge in [0.05, 0.1) is 0 Å². The van der Waals surface area contributed by atoms with Crippen LogP contribution in [0, 0.1) is 5.92 Å². The van der Waals surface area contributed by atoms with Crippen LogP contribution in [0.5, 0.6) is 0 Å². The van der Waals surface area contributed by atoms with Crippen LogP contribution in [0.2, 0.25) is 0 Å². The van der Waals surface area contributed by atoms with Crippen LogP contribution in [-0.2, 0) is 9.59 Å². The van der Waals surface area contributed by atoms with Gasteiger partial charge in [-0.1, -0.05) is 13.8 Å². The second-order valence-electron chi connectivity index (χ2n) is 5.75. The first kappa shape index (κ1) is 16.0. The second kappa shape index (κ2) is 7.48. The van der Waals surface area contributed by atoms with Gasteiger partial charge in [-0.25, -0.2) is 0 Å². The van der Waals surface area contributed by atoms with Crippen LogP contribution in [0.25, 0.3) is 0 Å². The summed E-state index contributed by atoms with van der Waals surface area (Å²) in [5.74, 6) is 0.477. The summed E-state index contributed by atoms with van der Waals surface area (Å²) in [5, 5.41) is 3.25. The quantitative estimate of drug-likeness (QED) is 0.799. The summed E-state index contributed by atoms with van der Waals surface area (Å²) in [6, 6.07) is 0.413. The molecule has 0 spiro atoms. The number of hydrogen-bond donors (Lipinski definition) is 1. The first-order chi connectivity index (χ1) is 8.91. The van der Waals surface area contributed by atoms with Crippen molar-refractivity contribution in [3.8, 4) is 0 Å². The van der Waals surface area contributed by atoms with Crippen molar-refractivity contribution in [3.05, 3.63) is 0 Å². The molecule has 19 heavy (non-hydrogen) atoms. The summed E-state index contributed by atoms with van der Waals surface area (Å²) >= 11 is 0. The van der Waals surface area contributed by atoms with Gasteiger partial charge >= 0.3 is 0 Å². The lowest BCUT2D eigenvalue weighted by atomic mass is 9.95. The molecule has 1 aliphatic rings. The summed E-state index contributed by atoms with van der Waals surface area (Å²) in [6.07, 6.45) is 2.13. The van der Waals surface area contributed by atoms with E-state index in [2.05, 4.69) is 19.2 Å². The number of carbonyl (C=O) groups is 2. The van der Waals surface area contributed by atoms with Crippen molar-refractivity contribution in [2.24, 2.45) is 5.92 Å². The number of rotatable bonds is 5. The molecule has 2 amide bonds. The Balaban J connectivity index is 2.29. The first-order valence-corrected chi connectivity index (χ1v) is 7.14. The third-order valence-corrected chi connectivity index (χ3v) is 3.53. The smallest absolute Gasteiger partial charge is 0.225 e. The van der Waals surface area contributed by atoms with Gasteiger partial charge in [-0.05, 0) is 12.8 Å². The third kappa shape index (κ3) is 5.19. The maximum absolute atomic E-state index is 12.0. The molecule has 1 heterocycles. The topological polar surface area (TPSA) is 52.7 Å². The normalized spacial score (nSPS) is 16.8. The van der Waals surface area contributed by atoms with Gasteiger partial charge in [-0.2, -0.15) is 0 Å². The molecule has 110 valence electrons. The Labute approximate surface area is 116 Å². The van der Waals surface area contributed by atoms with E-state index in [1.807, 2.05) is 4.90 Å². The van der Waals surface area contributed by atoms with E-state index in [9.17, 15) is 9.59 Å². The molecule has 0 aromatic rings. The van der Waals surface area contributed by atoms with Crippen LogP contribution in [0.15, 0.2) is 0 Å². The van der Waals surface area contributed by atoms with Crippen LogP contribution >= 0.6 is 0 Å². The SMILES string of the molecule is CC(C)NCCC(=O)N1CCC(C(=O)N(C)C)CC1. The van der Waals surface area contributed by atoms with Crippen molar-refractivity contribution < 1.29 is 9.59 Å². The lowest BCUT2D eigenvalue weighted by Gasteiger charge is -2.32. The molecule has 0 aliphatic carbocycles. The number of nitrogens with zero attached hydrogens (tertiary/aromatic N) is 2. The summed E-state index contributed by atoms with van der Waals surface area (Å²) in [4.78, 5) is 27.4. The molecule has 5 nitrogen and oxygen atoms in total. The zero-order valence-corrected chi connectivity index (χ0v) is 12.6. The minimum absolute atomic E-state index is 0.0906. The fourth-order valence-corrected chi connectivity index (χ4v) is 2.37. The highest BCUT2D eigenvalue weighted by molar-refractivity contribution is 5.79. The summed E-state index contributed by atoms with van der Waals surface area (Å²) in [6.45, 7) is 6.30. The van der Waals surface area contributed by atoms with Gasteiger partial charge in [0, 0.05) is 52.1 Å². The summed E-state index contributed by atoms with van der Waals surface area (Å²) in [5.41, 5.74) is 0. The predicted molar refractivity (Wildman–Crippen MR) is 75.8 cm³/mol. The van der Waals surface area contributed by atoms with Crippen LogP contribution in [0.3, 0.4) is 0 Å². The molecule has 5 heteroatoms. The highest BCUT2D eigenvalue weighted by Gasteiger charge is 2.27. The molecule has 0 aromatic heterocycles. The van der Waals surface area contributed by atoms with Gasteiger partial charge in [0.1, 0.15) is 0 Å². The van der Waals surface area contributed by atoms with E-state index in [1.54, 1.807) is 19.0 Å². The molecular weight excluding hydrogens is 242 g/mol. The molecule has 0 aromatic carbocycles. The lowest BCUT2D eigenvalue weighted by Crippen LogP contribution is -2.43. The Morgan fingerprint density at radius 1 is 1.26 bits per heavy atom. The number of amides is 2. The second-order valence-corrected chi connectivity index (χ2v) is 5.75. The highest BCUT2D eigenvalue weighted by atomic mass is 16.2. The standard InChI is InChI=1S/C14H27N3O2/c1-11(2)15-8-5-13(18)17-9-6-12(7-10-17)14(19)16(3)4/h11-12,15H,5-10H2,1-4H3. The van der Waals surface area contributed by atoms with E-state index in [-0.39, 0.29) is 17.7 Å². The Hall–Kier alpha value is -1.10. The van der Waals surface area contributed by atoms with Gasteiger partial charge in [0.25, 0.3) is 0 Å². The van der Waals surface area contributed by atoms with Crippen molar-refractivity contribution in [1.29, 1.82) is 0 Å². The van der Waals surface area contributed by atoms with E-state index in [0.717, 1.165) is 19.4 Å². The van der Waals surface area contributed by atoms with E-state index < -0.39 is 0 Å². The minimum Gasteiger partial charge on any atom is -0.349 e. The molecule has 1 N–H and O–H groups in total. The van der Waals surface area contributed by atoms with Crippen LogP contribution in [0.1, 0.15) is 33.1 Å². The monoisotopic (exact) mass is 269 g/mol. The fraction of sp³-hybridized carbons (Fsp3) is 0.857. The Morgan fingerprint density at radius 3 is 2.32 bits per heavy atom. The van der Waals surface area contributed by atoms with E-state index >= 15 is 0 Å². The summed E-state index contributed by atoms with van der Waals surface area (Å²) in [7, 11) is 3.58. The molecule has 0 radical (unpaired) electrons. The van der Waals surface area contributed by atoms with Gasteiger partial charge in [-0.3, -0.25) is 9.59 Å². The molecule has 1 saturated heterocycles. The maximum atomic E-state index is 12.0. The molecule has 0 bridgehead atoms. The fourth-order valence-electron chi connectivity index (χ4n) is 2.37. The lowest BCUT2D eigenvalue weighted by molar-refractivity contribution is -0.139. The van der Waals surface area contributed by atoms with Gasteiger partial charge < -0.3 is 15.1 Å². The van der Waals surface area contributed by atoms with E-state index in [1.165, 1.54) is 0 Å². The third-order valence-electron chi connectivity index (χ3n) is 3.53. The van der Waals surface area contributed by atoms with Crippen molar-refractivity contribution in [2.75, 3.05) is 33.7 Å². The van der Waals surface area contributed by atoms with Crippen molar-refractivity contribution in [1.82, 2.24) is 15.1 Å². The van der Waals surface area contributed by atoms with E-state index in [0.29, 0.717) is 25.6 Å². The van der Waals surface area contributed by atoms with Crippen molar-refractivity contribution in [2.45, 2.75) is 39.2 Å². The largest absolute Gasteiger partial charge is 0.349 e. The van der Waals surface area contributed by atoms with Crippen LogP contribution < -0.4 is 5.32 Å². The van der Waals surface area contributed by atoms with E-state index in [4.69, 9.17) is 0 Å². The Bertz CT molecular complexity index is 308. The highest BCUT2D eigenvalue weighted by Crippen LogP contribution is 2.19. The molecule has 0 atom stereocenters. The average molecular weight is 269 g/mol. The van der Waals surface area contributed by atoms with Crippen LogP contribution in [0.4, 0.5) is 0 Å². The van der Waals surface area contributed by atoms with Crippen LogP contribution in [-0.4, -0.2) is 61.4 Å². The number of nitrogens with one attached hydrogen (secondary N) is 1. The Kier molecular flexibility index (Phi) is 6.28. The average Bonchev–Trinajstić information content (AvgIpc) is 2.37. The van der Waals surface area contributed by atoms with Gasteiger partial charge in [0.2, 0.25) is 11.8 Å². The molecule has 1 fully saturated rings. The Morgan fingerprint density at radius 2 is 1.84 bits per heavy atom. The minimum atomic E-state index is 0.0906. The number of hydrogen-bond acceptors (Lipinski definition) is 3. The molecule has 0 unspecified atom stereocenters. The van der Waals surface area contributed by atoms with Gasteiger partial charge in [0.15, 0.2) is 0 Å². The molecule has 1 aliphatic heterocycles. The predicted octanol–water partition coefficient (Wildman–Crippen LogP) is 0.701. The zero-order valence-electron chi connectivity index (χ0n) is 12.6. The molecule has 1 rings (SSSR count). The molecular formula is C14H27N3O2. The zero-order chi connectivity index (χ0) is 14.4. The number of carbonyl (C=O) groups excluding carboxylic acids is 2. The number of piperidine rings is 1. The maximum Gasteiger partial charge on any atom is 0.225 e.